The zero-order chi connectivity index (χ0) is 11.4. The van der Waals surface area contributed by atoms with Gasteiger partial charge in [-0.3, -0.25) is 0 Å². The molecule has 0 bridgehead atoms. The Bertz CT molecular complexity index is 323. The molecule has 0 heterocycles. The van der Waals surface area contributed by atoms with E-state index in [1.807, 2.05) is 13.8 Å². The molecule has 0 amide bonds. The van der Waals surface area contributed by atoms with E-state index in [0.717, 1.165) is 0 Å². The van der Waals surface area contributed by atoms with E-state index in [1.165, 1.54) is 13.2 Å². The van der Waals surface area contributed by atoms with Crippen molar-refractivity contribution in [2.45, 2.75) is 26.4 Å². The summed E-state index contributed by atoms with van der Waals surface area (Å²) in [6.45, 7) is 3.97. The standard InChI is InChI=1S/C12H17FO2/c1-8(2)7-10(14)12-9(13)5-4-6-11(12)15-3/h4-6,8,10,14H,7H2,1-3H3. The number of aliphatic hydroxyl groups excluding tert-OH is 1. The highest BCUT2D eigenvalue weighted by atomic mass is 19.1. The van der Waals surface area contributed by atoms with E-state index < -0.39 is 11.9 Å². The van der Waals surface area contributed by atoms with Gasteiger partial charge in [-0.2, -0.15) is 0 Å². The maximum absolute atomic E-state index is 13.5. The van der Waals surface area contributed by atoms with Gasteiger partial charge in [0, 0.05) is 0 Å². The van der Waals surface area contributed by atoms with Crippen LogP contribution in [-0.4, -0.2) is 12.2 Å². The van der Waals surface area contributed by atoms with Crippen LogP contribution in [0.15, 0.2) is 18.2 Å². The smallest absolute Gasteiger partial charge is 0.132 e. The lowest BCUT2D eigenvalue weighted by Gasteiger charge is -2.17. The minimum atomic E-state index is -0.804. The number of aliphatic hydroxyl groups is 1. The van der Waals surface area contributed by atoms with Crippen molar-refractivity contribution in [1.29, 1.82) is 0 Å². The van der Waals surface area contributed by atoms with Crippen molar-refractivity contribution >= 4 is 0 Å². The van der Waals surface area contributed by atoms with Gasteiger partial charge in [0.1, 0.15) is 11.6 Å². The van der Waals surface area contributed by atoms with Crippen molar-refractivity contribution in [2.24, 2.45) is 5.92 Å². The van der Waals surface area contributed by atoms with Gasteiger partial charge in [0.25, 0.3) is 0 Å². The van der Waals surface area contributed by atoms with Crippen LogP contribution in [0.4, 0.5) is 4.39 Å². The summed E-state index contributed by atoms with van der Waals surface area (Å²) in [6.07, 6.45) is -0.279. The summed E-state index contributed by atoms with van der Waals surface area (Å²) in [5, 5.41) is 9.86. The third-order valence-electron chi connectivity index (χ3n) is 2.26. The topological polar surface area (TPSA) is 29.5 Å². The minimum absolute atomic E-state index is 0.258. The number of methoxy groups -OCH3 is 1. The van der Waals surface area contributed by atoms with Gasteiger partial charge >= 0.3 is 0 Å². The summed E-state index contributed by atoms with van der Waals surface area (Å²) in [4.78, 5) is 0. The first kappa shape index (κ1) is 12.0. The number of hydrogen-bond donors (Lipinski definition) is 1. The van der Waals surface area contributed by atoms with Crippen LogP contribution in [0, 0.1) is 11.7 Å². The molecule has 1 aromatic rings. The van der Waals surface area contributed by atoms with Gasteiger partial charge < -0.3 is 9.84 Å². The Hall–Kier alpha value is -1.09. The Labute approximate surface area is 89.7 Å². The van der Waals surface area contributed by atoms with Gasteiger partial charge in [-0.05, 0) is 24.5 Å². The monoisotopic (exact) mass is 212 g/mol. The Morgan fingerprint density at radius 2 is 2.07 bits per heavy atom. The van der Waals surface area contributed by atoms with Crippen molar-refractivity contribution < 1.29 is 14.2 Å². The van der Waals surface area contributed by atoms with Crippen LogP contribution in [0.2, 0.25) is 0 Å². The fraction of sp³-hybridized carbons (Fsp3) is 0.500. The van der Waals surface area contributed by atoms with Crippen LogP contribution in [0.5, 0.6) is 5.75 Å². The summed E-state index contributed by atoms with van der Waals surface area (Å²) in [5.41, 5.74) is 0.258. The molecule has 84 valence electrons. The molecule has 2 nitrogen and oxygen atoms in total. The lowest BCUT2D eigenvalue weighted by Crippen LogP contribution is -2.06. The third kappa shape index (κ3) is 2.93. The highest BCUT2D eigenvalue weighted by molar-refractivity contribution is 5.36. The van der Waals surface area contributed by atoms with Gasteiger partial charge in [0.2, 0.25) is 0 Å². The van der Waals surface area contributed by atoms with Crippen molar-refractivity contribution in [3.8, 4) is 5.75 Å². The number of hydrogen-bond acceptors (Lipinski definition) is 2. The molecule has 0 saturated heterocycles. The largest absolute Gasteiger partial charge is 0.496 e. The quantitative estimate of drug-likeness (QED) is 0.831. The summed E-state index contributed by atoms with van der Waals surface area (Å²) in [7, 11) is 1.47. The van der Waals surface area contributed by atoms with Crippen LogP contribution in [0.1, 0.15) is 31.9 Å². The summed E-state index contributed by atoms with van der Waals surface area (Å²) < 4.78 is 18.5. The van der Waals surface area contributed by atoms with E-state index in [4.69, 9.17) is 4.74 Å². The van der Waals surface area contributed by atoms with Crippen molar-refractivity contribution in [2.75, 3.05) is 7.11 Å². The molecule has 0 spiro atoms. The molecule has 0 aliphatic heterocycles. The molecule has 1 rings (SSSR count). The molecule has 1 unspecified atom stereocenters. The van der Waals surface area contributed by atoms with Gasteiger partial charge in [0.15, 0.2) is 0 Å². The summed E-state index contributed by atoms with van der Waals surface area (Å²) in [6, 6.07) is 4.56. The lowest BCUT2D eigenvalue weighted by atomic mass is 9.98. The molecule has 0 fully saturated rings. The fourth-order valence-corrected chi connectivity index (χ4v) is 1.58. The van der Waals surface area contributed by atoms with Crippen LogP contribution >= 0.6 is 0 Å². The molecule has 1 N–H and O–H groups in total. The molecule has 0 radical (unpaired) electrons. The van der Waals surface area contributed by atoms with E-state index in [0.29, 0.717) is 18.1 Å². The van der Waals surface area contributed by atoms with E-state index in [-0.39, 0.29) is 5.56 Å². The number of halogens is 1. The van der Waals surface area contributed by atoms with Crippen molar-refractivity contribution in [3.05, 3.63) is 29.6 Å². The molecular weight excluding hydrogens is 195 g/mol. The van der Waals surface area contributed by atoms with Crippen LogP contribution in [-0.2, 0) is 0 Å². The summed E-state index contributed by atoms with van der Waals surface area (Å²) in [5.74, 6) is 0.301. The Morgan fingerprint density at radius 1 is 1.40 bits per heavy atom. The zero-order valence-electron chi connectivity index (χ0n) is 9.33. The molecule has 0 aromatic heterocycles. The third-order valence-corrected chi connectivity index (χ3v) is 2.26. The molecule has 1 aromatic carbocycles. The van der Waals surface area contributed by atoms with E-state index >= 15 is 0 Å². The molecule has 1 atom stereocenters. The van der Waals surface area contributed by atoms with Crippen LogP contribution in [0.3, 0.4) is 0 Å². The highest BCUT2D eigenvalue weighted by Crippen LogP contribution is 2.31. The second-order valence-corrected chi connectivity index (χ2v) is 4.00. The van der Waals surface area contributed by atoms with E-state index in [9.17, 15) is 9.50 Å². The minimum Gasteiger partial charge on any atom is -0.496 e. The number of rotatable bonds is 4. The normalized spacial score (nSPS) is 12.9. The molecule has 0 aliphatic carbocycles. The summed E-state index contributed by atoms with van der Waals surface area (Å²) >= 11 is 0. The molecule has 0 aliphatic rings. The molecule has 3 heteroatoms. The van der Waals surface area contributed by atoms with Gasteiger partial charge in [-0.1, -0.05) is 19.9 Å². The first-order valence-electron chi connectivity index (χ1n) is 5.06. The molecule has 15 heavy (non-hydrogen) atoms. The Kier molecular flexibility index (Phi) is 4.09. The van der Waals surface area contributed by atoms with Gasteiger partial charge in [-0.25, -0.2) is 4.39 Å². The van der Waals surface area contributed by atoms with Crippen LogP contribution < -0.4 is 4.74 Å². The maximum atomic E-state index is 13.5. The Balaban J connectivity index is 3.00. The van der Waals surface area contributed by atoms with Gasteiger partial charge in [0.05, 0.1) is 18.8 Å². The molecular formula is C12H17FO2. The average Bonchev–Trinajstić information content (AvgIpc) is 2.15. The first-order valence-corrected chi connectivity index (χ1v) is 5.06. The number of ether oxygens (including phenoxy) is 1. The maximum Gasteiger partial charge on any atom is 0.132 e. The predicted octanol–water partition coefficient (Wildman–Crippen LogP) is 2.91. The fourth-order valence-electron chi connectivity index (χ4n) is 1.58. The Morgan fingerprint density at radius 3 is 2.60 bits per heavy atom. The van der Waals surface area contributed by atoms with E-state index in [1.54, 1.807) is 12.1 Å². The van der Waals surface area contributed by atoms with Crippen molar-refractivity contribution in [3.63, 3.8) is 0 Å². The lowest BCUT2D eigenvalue weighted by molar-refractivity contribution is 0.143. The highest BCUT2D eigenvalue weighted by Gasteiger charge is 2.18. The first-order chi connectivity index (χ1) is 7.06. The average molecular weight is 212 g/mol. The van der Waals surface area contributed by atoms with Gasteiger partial charge in [-0.15, -0.1) is 0 Å². The van der Waals surface area contributed by atoms with E-state index in [2.05, 4.69) is 0 Å². The SMILES string of the molecule is COc1cccc(F)c1C(O)CC(C)C. The zero-order valence-corrected chi connectivity index (χ0v) is 9.33. The van der Waals surface area contributed by atoms with Crippen LogP contribution in [0.25, 0.3) is 0 Å². The number of benzene rings is 1. The molecule has 0 saturated carbocycles. The van der Waals surface area contributed by atoms with Crippen molar-refractivity contribution in [1.82, 2.24) is 0 Å². The second kappa shape index (κ2) is 5.12. The second-order valence-electron chi connectivity index (χ2n) is 4.00. The predicted molar refractivity (Wildman–Crippen MR) is 57.4 cm³/mol.